The quantitative estimate of drug-likeness (QED) is 0.907. The molecule has 5 nitrogen and oxygen atoms in total. The summed E-state index contributed by atoms with van der Waals surface area (Å²) in [7, 11) is 1.55. The molecule has 6 heteroatoms. The highest BCUT2D eigenvalue weighted by Gasteiger charge is 2.14. The van der Waals surface area contributed by atoms with Crippen molar-refractivity contribution >= 4 is 27.5 Å². The van der Waals surface area contributed by atoms with Gasteiger partial charge in [-0.2, -0.15) is 0 Å². The van der Waals surface area contributed by atoms with Crippen LogP contribution in [0.2, 0.25) is 0 Å². The Morgan fingerprint density at radius 1 is 1.45 bits per heavy atom. The van der Waals surface area contributed by atoms with Gasteiger partial charge >= 0.3 is 0 Å². The lowest BCUT2D eigenvalue weighted by atomic mass is 10.1. The number of carbonyl (C=O) groups is 1. The lowest BCUT2D eigenvalue weighted by Gasteiger charge is -2.09. The molecule has 2 aromatic rings. The lowest BCUT2D eigenvalue weighted by Crippen LogP contribution is -2.13. The normalized spacial score (nSPS) is 10.6. The van der Waals surface area contributed by atoms with Gasteiger partial charge in [-0.25, -0.2) is 0 Å². The Kier molecular flexibility index (Phi) is 4.92. The summed E-state index contributed by atoms with van der Waals surface area (Å²) < 4.78 is 10.9. The van der Waals surface area contributed by atoms with Crippen LogP contribution in [-0.2, 0) is 17.8 Å². The van der Waals surface area contributed by atoms with Gasteiger partial charge in [-0.05, 0) is 30.2 Å². The van der Waals surface area contributed by atoms with Crippen LogP contribution in [0, 0.1) is 0 Å². The van der Waals surface area contributed by atoms with Crippen molar-refractivity contribution in [2.75, 3.05) is 12.4 Å². The van der Waals surface area contributed by atoms with E-state index in [0.717, 1.165) is 22.1 Å². The molecule has 1 heterocycles. The molecule has 1 N–H and O–H groups in total. The van der Waals surface area contributed by atoms with Gasteiger partial charge in [0.15, 0.2) is 11.5 Å². The molecule has 0 aliphatic heterocycles. The predicted molar refractivity (Wildman–Crippen MR) is 78.7 cm³/mol. The number of nitrogens with zero attached hydrogens (tertiary/aromatic N) is 1. The van der Waals surface area contributed by atoms with E-state index in [1.165, 1.54) is 0 Å². The molecule has 0 unspecified atom stereocenters. The van der Waals surface area contributed by atoms with Crippen molar-refractivity contribution in [1.82, 2.24) is 5.16 Å². The third-order valence-electron chi connectivity index (χ3n) is 2.77. The average molecular weight is 339 g/mol. The third kappa shape index (κ3) is 3.46. The summed E-state index contributed by atoms with van der Waals surface area (Å²) in [6.45, 7) is 2.32. The first-order chi connectivity index (χ1) is 9.63. The fourth-order valence-corrected chi connectivity index (χ4v) is 2.20. The van der Waals surface area contributed by atoms with Crippen molar-refractivity contribution in [3.8, 4) is 0 Å². The van der Waals surface area contributed by atoms with Crippen molar-refractivity contribution in [2.45, 2.75) is 20.0 Å². The van der Waals surface area contributed by atoms with Crippen LogP contribution in [0.25, 0.3) is 0 Å². The smallest absolute Gasteiger partial charge is 0.277 e. The van der Waals surface area contributed by atoms with Crippen LogP contribution in [0.15, 0.2) is 33.3 Å². The van der Waals surface area contributed by atoms with Crippen LogP contribution >= 0.6 is 15.9 Å². The van der Waals surface area contributed by atoms with Crippen LogP contribution in [-0.4, -0.2) is 18.2 Å². The molecule has 20 heavy (non-hydrogen) atoms. The van der Waals surface area contributed by atoms with Crippen molar-refractivity contribution in [1.29, 1.82) is 0 Å². The average Bonchev–Trinajstić information content (AvgIpc) is 2.90. The van der Waals surface area contributed by atoms with E-state index in [9.17, 15) is 4.79 Å². The highest BCUT2D eigenvalue weighted by molar-refractivity contribution is 9.10. The molecule has 0 radical (unpaired) electrons. The van der Waals surface area contributed by atoms with E-state index in [-0.39, 0.29) is 11.6 Å². The van der Waals surface area contributed by atoms with E-state index in [1.807, 2.05) is 25.1 Å². The van der Waals surface area contributed by atoms with Gasteiger partial charge in [-0.3, -0.25) is 4.79 Å². The Balaban J connectivity index is 2.14. The number of aromatic nitrogens is 1. The Hall–Kier alpha value is -1.66. The first-order valence-electron chi connectivity index (χ1n) is 6.18. The maximum absolute atomic E-state index is 12.1. The van der Waals surface area contributed by atoms with Crippen molar-refractivity contribution in [3.63, 3.8) is 0 Å². The number of amides is 1. The number of carbonyl (C=O) groups excluding carboxylic acids is 1. The van der Waals surface area contributed by atoms with Gasteiger partial charge in [-0.15, -0.1) is 0 Å². The first kappa shape index (κ1) is 14.7. The minimum absolute atomic E-state index is 0.238. The monoisotopic (exact) mass is 338 g/mol. The highest BCUT2D eigenvalue weighted by atomic mass is 79.9. The zero-order chi connectivity index (χ0) is 14.5. The standard InChI is InChI=1S/C14H15BrN2O3/c1-3-9-6-10(15)4-5-12(9)16-14(18)13-7-11(8-19-2)20-17-13/h4-7H,3,8H2,1-2H3,(H,16,18). The van der Waals surface area contributed by atoms with Crippen molar-refractivity contribution in [2.24, 2.45) is 0 Å². The Labute approximate surface area is 125 Å². The number of halogens is 1. The van der Waals surface area contributed by atoms with Gasteiger partial charge in [0.1, 0.15) is 6.61 Å². The summed E-state index contributed by atoms with van der Waals surface area (Å²) in [5.41, 5.74) is 2.06. The van der Waals surface area contributed by atoms with E-state index in [2.05, 4.69) is 26.4 Å². The minimum Gasteiger partial charge on any atom is -0.377 e. The van der Waals surface area contributed by atoms with E-state index < -0.39 is 0 Å². The molecule has 0 spiro atoms. The molecular weight excluding hydrogens is 324 g/mol. The maximum atomic E-state index is 12.1. The number of aryl methyl sites for hydroxylation is 1. The molecule has 106 valence electrons. The second-order valence-corrected chi connectivity index (χ2v) is 5.14. The number of rotatable bonds is 5. The lowest BCUT2D eigenvalue weighted by molar-refractivity contribution is 0.101. The molecule has 1 aromatic carbocycles. The summed E-state index contributed by atoms with van der Waals surface area (Å²) in [6.07, 6.45) is 0.822. The van der Waals surface area contributed by atoms with Gasteiger partial charge in [0.25, 0.3) is 5.91 Å². The van der Waals surface area contributed by atoms with Gasteiger partial charge in [0.2, 0.25) is 0 Å². The number of ether oxygens (including phenoxy) is 1. The third-order valence-corrected chi connectivity index (χ3v) is 3.27. The molecule has 0 fully saturated rings. The van der Waals surface area contributed by atoms with Crippen molar-refractivity contribution in [3.05, 3.63) is 45.8 Å². The van der Waals surface area contributed by atoms with Crippen LogP contribution < -0.4 is 5.32 Å². The Morgan fingerprint density at radius 3 is 2.95 bits per heavy atom. The first-order valence-corrected chi connectivity index (χ1v) is 6.97. The van der Waals surface area contributed by atoms with Crippen LogP contribution in [0.5, 0.6) is 0 Å². The van der Waals surface area contributed by atoms with Crippen molar-refractivity contribution < 1.29 is 14.1 Å². The number of benzene rings is 1. The second kappa shape index (κ2) is 6.67. The number of anilines is 1. The van der Waals surface area contributed by atoms with Crippen LogP contribution in [0.4, 0.5) is 5.69 Å². The largest absolute Gasteiger partial charge is 0.377 e. The number of nitrogens with one attached hydrogen (secondary N) is 1. The van der Waals surface area contributed by atoms with E-state index in [1.54, 1.807) is 13.2 Å². The summed E-state index contributed by atoms with van der Waals surface area (Å²) in [5, 5.41) is 6.56. The summed E-state index contributed by atoms with van der Waals surface area (Å²) in [6, 6.07) is 7.29. The predicted octanol–water partition coefficient (Wildman–Crippen LogP) is 3.40. The highest BCUT2D eigenvalue weighted by Crippen LogP contribution is 2.22. The van der Waals surface area contributed by atoms with Gasteiger partial charge < -0.3 is 14.6 Å². The fourth-order valence-electron chi connectivity index (χ4n) is 1.79. The SMILES string of the molecule is CCc1cc(Br)ccc1NC(=O)c1cc(COC)on1. The molecule has 0 saturated heterocycles. The van der Waals surface area contributed by atoms with E-state index in [4.69, 9.17) is 9.26 Å². The fraction of sp³-hybridized carbons (Fsp3) is 0.286. The molecule has 0 atom stereocenters. The number of hydrogen-bond acceptors (Lipinski definition) is 4. The van der Waals surface area contributed by atoms with Crippen LogP contribution in [0.3, 0.4) is 0 Å². The van der Waals surface area contributed by atoms with Gasteiger partial charge in [0, 0.05) is 23.3 Å². The number of methoxy groups -OCH3 is 1. The van der Waals surface area contributed by atoms with E-state index >= 15 is 0 Å². The Bertz CT molecular complexity index is 610. The molecular formula is C14H15BrN2O3. The summed E-state index contributed by atoms with van der Waals surface area (Å²) in [5.74, 6) is 0.220. The molecule has 0 bridgehead atoms. The Morgan fingerprint density at radius 2 is 2.25 bits per heavy atom. The zero-order valence-electron chi connectivity index (χ0n) is 11.3. The maximum Gasteiger partial charge on any atom is 0.277 e. The minimum atomic E-state index is -0.298. The molecule has 1 aromatic heterocycles. The molecule has 0 saturated carbocycles. The topological polar surface area (TPSA) is 64.4 Å². The van der Waals surface area contributed by atoms with Crippen LogP contribution in [0.1, 0.15) is 28.7 Å². The van der Waals surface area contributed by atoms with E-state index in [0.29, 0.717) is 12.4 Å². The number of hydrogen-bond donors (Lipinski definition) is 1. The zero-order valence-corrected chi connectivity index (χ0v) is 12.9. The summed E-state index contributed by atoms with van der Waals surface area (Å²) in [4.78, 5) is 12.1. The molecule has 0 aliphatic carbocycles. The second-order valence-electron chi connectivity index (χ2n) is 4.22. The molecule has 1 amide bonds. The molecule has 2 rings (SSSR count). The molecule has 0 aliphatic rings. The van der Waals surface area contributed by atoms with Gasteiger partial charge in [0.05, 0.1) is 0 Å². The van der Waals surface area contributed by atoms with Gasteiger partial charge in [-0.1, -0.05) is 28.0 Å². The summed E-state index contributed by atoms with van der Waals surface area (Å²) >= 11 is 3.41.